The summed E-state index contributed by atoms with van der Waals surface area (Å²) in [5.74, 6) is 0.0739. The predicted octanol–water partition coefficient (Wildman–Crippen LogP) is 1.91. The molecule has 1 fully saturated rings. The molecule has 0 bridgehead atoms. The van der Waals surface area contributed by atoms with Crippen LogP contribution >= 0.6 is 0 Å². The minimum atomic E-state index is -4.48. The molecule has 0 aliphatic carbocycles. The fraction of sp³-hybridized carbons (Fsp3) is 0.500. The predicted molar refractivity (Wildman–Crippen MR) is 76.0 cm³/mol. The zero-order valence-electron chi connectivity index (χ0n) is 12.5. The molecule has 0 unspecified atom stereocenters. The molecule has 2 aromatic rings. The van der Waals surface area contributed by atoms with E-state index in [-0.39, 0.29) is 12.1 Å². The molecule has 0 aromatic carbocycles. The van der Waals surface area contributed by atoms with Gasteiger partial charge in [0.25, 0.3) is 0 Å². The van der Waals surface area contributed by atoms with Crippen LogP contribution in [-0.2, 0) is 17.5 Å². The molecule has 0 amide bonds. The van der Waals surface area contributed by atoms with Crippen molar-refractivity contribution in [1.29, 1.82) is 0 Å². The van der Waals surface area contributed by atoms with Crippen LogP contribution in [0, 0.1) is 6.92 Å². The summed E-state index contributed by atoms with van der Waals surface area (Å²) in [4.78, 5) is 9.29. The Kier molecular flexibility index (Phi) is 4.20. The van der Waals surface area contributed by atoms with Gasteiger partial charge in [-0.1, -0.05) is 0 Å². The molecular weight excluding hydrogens is 311 g/mol. The molecule has 9 heteroatoms. The first kappa shape index (κ1) is 15.7. The highest BCUT2D eigenvalue weighted by Crippen LogP contribution is 2.28. The highest BCUT2D eigenvalue weighted by Gasteiger charge is 2.33. The van der Waals surface area contributed by atoms with Gasteiger partial charge in [-0.05, 0) is 18.6 Å². The van der Waals surface area contributed by atoms with Crippen molar-refractivity contribution >= 4 is 5.95 Å². The van der Waals surface area contributed by atoms with Crippen molar-refractivity contribution in [3.05, 3.63) is 35.9 Å². The van der Waals surface area contributed by atoms with E-state index in [0.717, 1.165) is 17.8 Å². The molecule has 124 valence electrons. The van der Waals surface area contributed by atoms with Crippen molar-refractivity contribution in [2.45, 2.75) is 25.7 Å². The van der Waals surface area contributed by atoms with E-state index in [1.165, 1.54) is 0 Å². The smallest absolute Gasteiger partial charge is 0.373 e. The zero-order valence-corrected chi connectivity index (χ0v) is 12.5. The third-order valence-electron chi connectivity index (χ3n) is 3.51. The van der Waals surface area contributed by atoms with E-state index in [2.05, 4.69) is 15.1 Å². The Labute approximate surface area is 130 Å². The van der Waals surface area contributed by atoms with Crippen LogP contribution in [0.1, 0.15) is 11.3 Å². The highest BCUT2D eigenvalue weighted by atomic mass is 19.4. The largest absolute Gasteiger partial charge is 0.433 e. The van der Waals surface area contributed by atoms with Gasteiger partial charge < -0.3 is 9.64 Å². The van der Waals surface area contributed by atoms with Crippen molar-refractivity contribution in [2.24, 2.45) is 0 Å². The molecular formula is C14H16F3N5O. The molecule has 2 aromatic heterocycles. The summed E-state index contributed by atoms with van der Waals surface area (Å²) >= 11 is 0. The molecule has 0 N–H and O–H groups in total. The third kappa shape index (κ3) is 3.79. The van der Waals surface area contributed by atoms with Gasteiger partial charge >= 0.3 is 6.18 Å². The van der Waals surface area contributed by atoms with Gasteiger partial charge in [0.05, 0.1) is 25.5 Å². The molecule has 6 nitrogen and oxygen atoms in total. The lowest BCUT2D eigenvalue weighted by molar-refractivity contribution is -0.141. The van der Waals surface area contributed by atoms with Gasteiger partial charge in [-0.25, -0.2) is 9.97 Å². The number of anilines is 1. The number of nitrogens with zero attached hydrogens (tertiary/aromatic N) is 5. The Morgan fingerprint density at radius 2 is 2.22 bits per heavy atom. The van der Waals surface area contributed by atoms with Crippen molar-refractivity contribution in [3.63, 3.8) is 0 Å². The lowest BCUT2D eigenvalue weighted by Gasteiger charge is -2.33. The van der Waals surface area contributed by atoms with E-state index < -0.39 is 11.9 Å². The van der Waals surface area contributed by atoms with Gasteiger partial charge in [0.2, 0.25) is 5.95 Å². The number of aromatic nitrogens is 4. The third-order valence-corrected chi connectivity index (χ3v) is 3.51. The van der Waals surface area contributed by atoms with Crippen molar-refractivity contribution in [3.8, 4) is 0 Å². The second-order valence-corrected chi connectivity index (χ2v) is 5.42. The van der Waals surface area contributed by atoms with Crippen LogP contribution in [0.4, 0.5) is 19.1 Å². The average Bonchev–Trinajstić information content (AvgIpc) is 2.92. The molecule has 1 saturated heterocycles. The molecule has 1 aliphatic heterocycles. The van der Waals surface area contributed by atoms with E-state index in [1.807, 2.05) is 13.1 Å². The Morgan fingerprint density at radius 1 is 1.39 bits per heavy atom. The summed E-state index contributed by atoms with van der Waals surface area (Å²) in [6.45, 7) is 3.75. The average molecular weight is 327 g/mol. The lowest BCUT2D eigenvalue weighted by atomic mass is 10.2. The first-order chi connectivity index (χ1) is 10.9. The Hall–Kier alpha value is -2.16. The number of halogens is 3. The topological polar surface area (TPSA) is 56.1 Å². The van der Waals surface area contributed by atoms with Crippen LogP contribution in [0.3, 0.4) is 0 Å². The monoisotopic (exact) mass is 327 g/mol. The highest BCUT2D eigenvalue weighted by molar-refractivity contribution is 5.31. The number of aryl methyl sites for hydroxylation is 1. The first-order valence-corrected chi connectivity index (χ1v) is 7.17. The number of morpholine rings is 1. The molecule has 1 aliphatic rings. The number of hydrogen-bond acceptors (Lipinski definition) is 5. The second-order valence-electron chi connectivity index (χ2n) is 5.42. The van der Waals surface area contributed by atoms with Gasteiger partial charge in [0.15, 0.2) is 0 Å². The SMILES string of the molecule is Cc1cnn(C[C@@H]2CN(c3nccc(C(F)(F)F)n3)CCO2)c1. The van der Waals surface area contributed by atoms with Crippen LogP contribution in [0.5, 0.6) is 0 Å². The molecule has 1 atom stereocenters. The summed E-state index contributed by atoms with van der Waals surface area (Å²) in [5.41, 5.74) is 0.104. The maximum atomic E-state index is 12.8. The minimum Gasteiger partial charge on any atom is -0.373 e. The number of rotatable bonds is 3. The number of ether oxygens (including phenoxy) is 1. The molecule has 0 saturated carbocycles. The maximum Gasteiger partial charge on any atom is 0.433 e. The maximum absolute atomic E-state index is 12.8. The van der Waals surface area contributed by atoms with Crippen LogP contribution < -0.4 is 4.90 Å². The van der Waals surface area contributed by atoms with Gasteiger partial charge in [-0.2, -0.15) is 18.3 Å². The normalized spacial score (nSPS) is 19.1. The fourth-order valence-electron chi connectivity index (χ4n) is 2.45. The Morgan fingerprint density at radius 3 is 2.91 bits per heavy atom. The molecule has 0 spiro atoms. The quantitative estimate of drug-likeness (QED) is 0.862. The van der Waals surface area contributed by atoms with Gasteiger partial charge in [0, 0.05) is 25.5 Å². The summed E-state index contributed by atoms with van der Waals surface area (Å²) in [6, 6.07) is 0.869. The van der Waals surface area contributed by atoms with E-state index >= 15 is 0 Å². The zero-order chi connectivity index (χ0) is 16.4. The lowest BCUT2D eigenvalue weighted by Crippen LogP contribution is -2.45. The van der Waals surface area contributed by atoms with E-state index in [4.69, 9.17) is 4.74 Å². The summed E-state index contributed by atoms with van der Waals surface area (Å²) in [5, 5.41) is 4.19. The first-order valence-electron chi connectivity index (χ1n) is 7.17. The molecule has 23 heavy (non-hydrogen) atoms. The summed E-state index contributed by atoms with van der Waals surface area (Å²) < 4.78 is 45.7. The molecule has 0 radical (unpaired) electrons. The Balaban J connectivity index is 1.71. The van der Waals surface area contributed by atoms with Gasteiger partial charge in [-0.15, -0.1) is 0 Å². The van der Waals surface area contributed by atoms with Crippen LogP contribution in [-0.4, -0.2) is 45.5 Å². The van der Waals surface area contributed by atoms with Gasteiger partial charge in [-0.3, -0.25) is 4.68 Å². The van der Waals surface area contributed by atoms with Crippen molar-refractivity contribution in [2.75, 3.05) is 24.6 Å². The van der Waals surface area contributed by atoms with Gasteiger partial charge in [0.1, 0.15) is 5.69 Å². The minimum absolute atomic E-state index is 0.0739. The number of alkyl halides is 3. The van der Waals surface area contributed by atoms with Crippen LogP contribution in [0.2, 0.25) is 0 Å². The van der Waals surface area contributed by atoms with Crippen molar-refractivity contribution < 1.29 is 17.9 Å². The van der Waals surface area contributed by atoms with Crippen LogP contribution in [0.15, 0.2) is 24.7 Å². The molecule has 3 heterocycles. The van der Waals surface area contributed by atoms with Crippen LogP contribution in [0.25, 0.3) is 0 Å². The molecule has 3 rings (SSSR count). The fourth-order valence-corrected chi connectivity index (χ4v) is 2.45. The summed E-state index contributed by atoms with van der Waals surface area (Å²) in [7, 11) is 0. The van der Waals surface area contributed by atoms with E-state index in [0.29, 0.717) is 26.2 Å². The number of hydrogen-bond donors (Lipinski definition) is 0. The van der Waals surface area contributed by atoms with E-state index in [1.54, 1.807) is 15.8 Å². The Bertz CT molecular complexity index is 672. The standard InChI is InChI=1S/C14H16F3N5O/c1-10-6-19-22(7-10)9-11-8-21(4-5-23-11)13-18-3-2-12(20-13)14(15,16)17/h2-3,6-7,11H,4-5,8-9H2,1H3/t11-/m0/s1. The van der Waals surface area contributed by atoms with Crippen molar-refractivity contribution in [1.82, 2.24) is 19.7 Å². The van der Waals surface area contributed by atoms with E-state index in [9.17, 15) is 13.2 Å². The second kappa shape index (κ2) is 6.15. The summed E-state index contributed by atoms with van der Waals surface area (Å²) in [6.07, 6.45) is 0.114.